The van der Waals surface area contributed by atoms with Gasteiger partial charge in [0.05, 0.1) is 27.6 Å². The average molecular weight is 302 g/mol. The van der Waals surface area contributed by atoms with Crippen molar-refractivity contribution in [1.29, 1.82) is 0 Å². The standard InChI is InChI=1S/C12H13Cl2N3O2/c1-16(2)5-11-15-9-3-7(13)8(14)4-10(9)17(11)6-12(18)19/h3-4H,5-6H2,1-2H3,(H,18,19). The third-order valence-corrected chi connectivity index (χ3v) is 3.34. The molecule has 0 amide bonds. The summed E-state index contributed by atoms with van der Waals surface area (Å²) in [6.07, 6.45) is 0. The smallest absolute Gasteiger partial charge is 0.323 e. The second kappa shape index (κ2) is 5.36. The predicted octanol–water partition coefficient (Wildman–Crippen LogP) is 2.49. The number of halogens is 2. The Morgan fingerprint density at radius 3 is 2.58 bits per heavy atom. The van der Waals surface area contributed by atoms with Gasteiger partial charge < -0.3 is 14.6 Å². The molecule has 2 aromatic rings. The summed E-state index contributed by atoms with van der Waals surface area (Å²) in [6, 6.07) is 3.30. The van der Waals surface area contributed by atoms with Gasteiger partial charge in [-0.05, 0) is 26.2 Å². The number of fused-ring (bicyclic) bond motifs is 1. The Hall–Kier alpha value is -1.30. The Morgan fingerprint density at radius 2 is 2.00 bits per heavy atom. The Balaban J connectivity index is 2.62. The Kier molecular flexibility index (Phi) is 3.99. The van der Waals surface area contributed by atoms with E-state index in [9.17, 15) is 4.79 Å². The molecule has 0 spiro atoms. The van der Waals surface area contributed by atoms with Crippen molar-refractivity contribution in [2.75, 3.05) is 14.1 Å². The van der Waals surface area contributed by atoms with Crippen LogP contribution in [0.1, 0.15) is 5.82 Å². The molecular formula is C12H13Cl2N3O2. The van der Waals surface area contributed by atoms with Crippen LogP contribution in [-0.2, 0) is 17.9 Å². The Morgan fingerprint density at radius 1 is 1.37 bits per heavy atom. The summed E-state index contributed by atoms with van der Waals surface area (Å²) in [6.45, 7) is 0.384. The van der Waals surface area contributed by atoms with Crippen LogP contribution in [0.3, 0.4) is 0 Å². The number of hydrogen-bond acceptors (Lipinski definition) is 3. The van der Waals surface area contributed by atoms with Gasteiger partial charge in [-0.3, -0.25) is 4.79 Å². The first-order valence-corrected chi connectivity index (χ1v) is 6.34. The maximum absolute atomic E-state index is 11.0. The number of carbonyl (C=O) groups is 1. The molecule has 0 saturated carbocycles. The van der Waals surface area contributed by atoms with Gasteiger partial charge in [-0.1, -0.05) is 23.2 Å². The van der Waals surface area contributed by atoms with E-state index in [4.69, 9.17) is 28.3 Å². The molecule has 19 heavy (non-hydrogen) atoms. The average Bonchev–Trinajstić information content (AvgIpc) is 2.56. The second-order valence-corrected chi connectivity index (χ2v) is 5.32. The van der Waals surface area contributed by atoms with Crippen LogP contribution in [0.5, 0.6) is 0 Å². The van der Waals surface area contributed by atoms with Gasteiger partial charge in [-0.25, -0.2) is 4.98 Å². The van der Waals surface area contributed by atoms with Crippen molar-refractivity contribution < 1.29 is 9.90 Å². The minimum absolute atomic E-state index is 0.155. The van der Waals surface area contributed by atoms with E-state index in [1.54, 1.807) is 16.7 Å². The highest BCUT2D eigenvalue weighted by atomic mass is 35.5. The van der Waals surface area contributed by atoms with Crippen LogP contribution >= 0.6 is 23.2 Å². The lowest BCUT2D eigenvalue weighted by Gasteiger charge is -2.11. The molecule has 1 heterocycles. The molecule has 0 aliphatic carbocycles. The fourth-order valence-corrected chi connectivity index (χ4v) is 2.20. The van der Waals surface area contributed by atoms with E-state index in [0.29, 0.717) is 33.4 Å². The van der Waals surface area contributed by atoms with Crippen LogP contribution in [0.15, 0.2) is 12.1 Å². The maximum Gasteiger partial charge on any atom is 0.323 e. The van der Waals surface area contributed by atoms with Crippen molar-refractivity contribution in [2.24, 2.45) is 0 Å². The summed E-state index contributed by atoms with van der Waals surface area (Å²) in [5.74, 6) is -0.258. The Bertz CT molecular complexity index is 637. The van der Waals surface area contributed by atoms with Gasteiger partial charge in [-0.2, -0.15) is 0 Å². The van der Waals surface area contributed by atoms with E-state index in [-0.39, 0.29) is 6.54 Å². The molecule has 1 aromatic carbocycles. The fraction of sp³-hybridized carbons (Fsp3) is 0.333. The van der Waals surface area contributed by atoms with Crippen molar-refractivity contribution in [1.82, 2.24) is 14.5 Å². The summed E-state index contributed by atoms with van der Waals surface area (Å²) in [7, 11) is 3.79. The van der Waals surface area contributed by atoms with Gasteiger partial charge in [0.1, 0.15) is 12.4 Å². The number of benzene rings is 1. The molecule has 0 radical (unpaired) electrons. The van der Waals surface area contributed by atoms with Gasteiger partial charge in [0.15, 0.2) is 0 Å². The number of carboxylic acid groups (broad SMARTS) is 1. The van der Waals surface area contributed by atoms with E-state index in [2.05, 4.69) is 4.98 Å². The summed E-state index contributed by atoms with van der Waals surface area (Å²) in [4.78, 5) is 17.3. The van der Waals surface area contributed by atoms with E-state index >= 15 is 0 Å². The second-order valence-electron chi connectivity index (χ2n) is 4.50. The maximum atomic E-state index is 11.0. The Labute approximate surface area is 120 Å². The van der Waals surface area contributed by atoms with Crippen molar-refractivity contribution in [3.63, 3.8) is 0 Å². The molecule has 0 saturated heterocycles. The monoisotopic (exact) mass is 301 g/mol. The quantitative estimate of drug-likeness (QED) is 0.942. The van der Waals surface area contributed by atoms with Crippen LogP contribution < -0.4 is 0 Å². The van der Waals surface area contributed by atoms with Gasteiger partial charge in [-0.15, -0.1) is 0 Å². The van der Waals surface area contributed by atoms with E-state index in [1.807, 2.05) is 19.0 Å². The molecule has 0 aliphatic heterocycles. The number of aliphatic carboxylic acids is 1. The molecule has 5 nitrogen and oxygen atoms in total. The normalized spacial score (nSPS) is 11.4. The number of rotatable bonds is 4. The largest absolute Gasteiger partial charge is 0.480 e. The number of aromatic nitrogens is 2. The van der Waals surface area contributed by atoms with Gasteiger partial charge in [0.2, 0.25) is 0 Å². The van der Waals surface area contributed by atoms with Crippen LogP contribution in [-0.4, -0.2) is 39.6 Å². The van der Waals surface area contributed by atoms with Gasteiger partial charge in [0, 0.05) is 0 Å². The molecule has 0 bridgehead atoms. The minimum Gasteiger partial charge on any atom is -0.480 e. The van der Waals surface area contributed by atoms with Crippen molar-refractivity contribution in [2.45, 2.75) is 13.1 Å². The van der Waals surface area contributed by atoms with Crippen LogP contribution in [0, 0.1) is 0 Å². The lowest BCUT2D eigenvalue weighted by Crippen LogP contribution is -2.18. The predicted molar refractivity (Wildman–Crippen MR) is 74.8 cm³/mol. The van der Waals surface area contributed by atoms with Gasteiger partial charge in [0.25, 0.3) is 0 Å². The first kappa shape index (κ1) is 14.1. The first-order valence-electron chi connectivity index (χ1n) is 5.59. The van der Waals surface area contributed by atoms with Crippen LogP contribution in [0.25, 0.3) is 11.0 Å². The molecule has 0 aliphatic rings. The molecular weight excluding hydrogens is 289 g/mol. The van der Waals surface area contributed by atoms with E-state index < -0.39 is 5.97 Å². The molecule has 0 unspecified atom stereocenters. The summed E-state index contributed by atoms with van der Waals surface area (Å²) >= 11 is 11.9. The summed E-state index contributed by atoms with van der Waals surface area (Å²) in [5.41, 5.74) is 1.32. The first-order chi connectivity index (χ1) is 8.88. The topological polar surface area (TPSA) is 58.4 Å². The lowest BCUT2D eigenvalue weighted by atomic mass is 10.3. The zero-order chi connectivity index (χ0) is 14.2. The minimum atomic E-state index is -0.926. The number of nitrogens with zero attached hydrogens (tertiary/aromatic N) is 3. The van der Waals surface area contributed by atoms with Crippen LogP contribution in [0.4, 0.5) is 0 Å². The molecule has 102 valence electrons. The zero-order valence-corrected chi connectivity index (χ0v) is 12.0. The number of imidazole rings is 1. The third kappa shape index (κ3) is 3.00. The van der Waals surface area contributed by atoms with Gasteiger partial charge >= 0.3 is 5.97 Å². The fourth-order valence-electron chi connectivity index (χ4n) is 1.89. The van der Waals surface area contributed by atoms with Crippen molar-refractivity contribution in [3.05, 3.63) is 28.0 Å². The van der Waals surface area contributed by atoms with Crippen molar-refractivity contribution >= 4 is 40.2 Å². The number of hydrogen-bond donors (Lipinski definition) is 1. The molecule has 1 aromatic heterocycles. The molecule has 0 atom stereocenters. The lowest BCUT2D eigenvalue weighted by molar-refractivity contribution is -0.137. The molecule has 1 N–H and O–H groups in total. The molecule has 0 fully saturated rings. The summed E-state index contributed by atoms with van der Waals surface area (Å²) < 4.78 is 1.64. The van der Waals surface area contributed by atoms with E-state index in [1.165, 1.54) is 0 Å². The SMILES string of the molecule is CN(C)Cc1nc2cc(Cl)c(Cl)cc2n1CC(=O)O. The third-order valence-electron chi connectivity index (χ3n) is 2.62. The highest BCUT2D eigenvalue weighted by Crippen LogP contribution is 2.28. The molecule has 2 rings (SSSR count). The van der Waals surface area contributed by atoms with E-state index in [0.717, 1.165) is 0 Å². The van der Waals surface area contributed by atoms with Crippen molar-refractivity contribution in [3.8, 4) is 0 Å². The van der Waals surface area contributed by atoms with Crippen LogP contribution in [0.2, 0.25) is 10.0 Å². The molecule has 7 heteroatoms. The summed E-state index contributed by atoms with van der Waals surface area (Å²) in [5, 5.41) is 9.80. The highest BCUT2D eigenvalue weighted by Gasteiger charge is 2.15. The highest BCUT2D eigenvalue weighted by molar-refractivity contribution is 6.42. The number of carboxylic acids is 1. The zero-order valence-electron chi connectivity index (χ0n) is 10.5.